The summed E-state index contributed by atoms with van der Waals surface area (Å²) >= 11 is 0. The fraction of sp³-hybridized carbons (Fsp3) is 0.462. The molecule has 0 amide bonds. The van der Waals surface area contributed by atoms with Gasteiger partial charge in [-0.05, 0) is 23.5 Å². The van der Waals surface area contributed by atoms with Crippen molar-refractivity contribution < 1.29 is 4.39 Å². The third-order valence-corrected chi connectivity index (χ3v) is 2.84. The van der Waals surface area contributed by atoms with E-state index < -0.39 is 0 Å². The number of hydrogen-bond donors (Lipinski definition) is 1. The van der Waals surface area contributed by atoms with Crippen molar-refractivity contribution in [1.82, 2.24) is 9.97 Å². The molecule has 0 fully saturated rings. The Balaban J connectivity index is 2.75. The fourth-order valence-electron chi connectivity index (χ4n) is 1.97. The number of nitrogens with zero attached hydrogens (tertiary/aromatic N) is 1. The molecule has 0 spiro atoms. The molecule has 0 radical (unpaired) electrons. The van der Waals surface area contributed by atoms with Gasteiger partial charge in [-0.25, -0.2) is 9.37 Å². The lowest BCUT2D eigenvalue weighted by molar-refractivity contribution is 0.579. The number of fused-ring (bicyclic) bond motifs is 1. The van der Waals surface area contributed by atoms with Crippen molar-refractivity contribution in [1.29, 1.82) is 0 Å². The van der Waals surface area contributed by atoms with Crippen molar-refractivity contribution in [3.8, 4) is 0 Å². The van der Waals surface area contributed by atoms with Crippen LogP contribution in [0.5, 0.6) is 0 Å². The Labute approximate surface area is 94.9 Å². The Hall–Kier alpha value is -1.38. The Morgan fingerprint density at radius 3 is 2.62 bits per heavy atom. The molecule has 0 atom stereocenters. The summed E-state index contributed by atoms with van der Waals surface area (Å²) in [5.41, 5.74) is 2.81. The highest BCUT2D eigenvalue weighted by atomic mass is 19.1. The van der Waals surface area contributed by atoms with E-state index in [0.717, 1.165) is 17.7 Å². The number of halogens is 1. The second kappa shape index (κ2) is 3.58. The number of pyridine rings is 1. The van der Waals surface area contributed by atoms with Gasteiger partial charge in [0.15, 0.2) is 0 Å². The van der Waals surface area contributed by atoms with Crippen LogP contribution < -0.4 is 0 Å². The Kier molecular flexibility index (Phi) is 2.49. The molecule has 2 aromatic heterocycles. The summed E-state index contributed by atoms with van der Waals surface area (Å²) < 4.78 is 13.5. The number of aromatic amines is 1. The van der Waals surface area contributed by atoms with Crippen LogP contribution in [-0.2, 0) is 11.8 Å². The van der Waals surface area contributed by atoms with E-state index >= 15 is 0 Å². The van der Waals surface area contributed by atoms with Crippen LogP contribution in [0, 0.1) is 5.82 Å². The van der Waals surface area contributed by atoms with Gasteiger partial charge >= 0.3 is 0 Å². The van der Waals surface area contributed by atoms with E-state index in [0.29, 0.717) is 11.0 Å². The molecule has 1 N–H and O–H groups in total. The molecule has 0 aromatic carbocycles. The van der Waals surface area contributed by atoms with E-state index in [2.05, 4.69) is 37.7 Å². The molecule has 0 unspecified atom stereocenters. The summed E-state index contributed by atoms with van der Waals surface area (Å²) in [5.74, 6) is -0.226. The van der Waals surface area contributed by atoms with E-state index in [9.17, 15) is 4.39 Å². The highest BCUT2D eigenvalue weighted by molar-refractivity contribution is 5.77. The molecular formula is C13H17FN2. The van der Waals surface area contributed by atoms with Gasteiger partial charge in [-0.3, -0.25) is 0 Å². The topological polar surface area (TPSA) is 28.7 Å². The molecule has 0 aliphatic heterocycles. The molecule has 2 heterocycles. The fourth-order valence-corrected chi connectivity index (χ4v) is 1.97. The third-order valence-electron chi connectivity index (χ3n) is 2.84. The van der Waals surface area contributed by atoms with Crippen molar-refractivity contribution in [3.05, 3.63) is 29.3 Å². The van der Waals surface area contributed by atoms with Gasteiger partial charge in [-0.2, -0.15) is 0 Å². The lowest BCUT2D eigenvalue weighted by Gasteiger charge is -2.21. The number of H-pyrrole nitrogens is 1. The monoisotopic (exact) mass is 220 g/mol. The first-order chi connectivity index (χ1) is 7.43. The summed E-state index contributed by atoms with van der Waals surface area (Å²) in [7, 11) is 0. The predicted molar refractivity (Wildman–Crippen MR) is 64.1 cm³/mol. The number of rotatable bonds is 1. The maximum atomic E-state index is 13.5. The van der Waals surface area contributed by atoms with E-state index in [1.807, 2.05) is 6.07 Å². The van der Waals surface area contributed by atoms with Crippen molar-refractivity contribution in [2.75, 3.05) is 0 Å². The summed E-state index contributed by atoms with van der Waals surface area (Å²) in [6, 6.07) is 1.92. The summed E-state index contributed by atoms with van der Waals surface area (Å²) in [6.45, 7) is 8.45. The largest absolute Gasteiger partial charge is 0.343 e. The standard InChI is InChI=1S/C13H17FN2/c1-5-11-9(13(2,3)4)6-8-10(14)7-15-12(8)16-11/h6-7H,5H2,1-4H3,(H,15,16). The Morgan fingerprint density at radius 1 is 1.38 bits per heavy atom. The minimum Gasteiger partial charge on any atom is -0.343 e. The van der Waals surface area contributed by atoms with Gasteiger partial charge in [-0.1, -0.05) is 27.7 Å². The van der Waals surface area contributed by atoms with Crippen LogP contribution in [-0.4, -0.2) is 9.97 Å². The molecule has 2 aromatic rings. The van der Waals surface area contributed by atoms with Crippen molar-refractivity contribution in [3.63, 3.8) is 0 Å². The first kappa shape index (κ1) is 11.1. The van der Waals surface area contributed by atoms with Gasteiger partial charge in [0.05, 0.1) is 5.39 Å². The van der Waals surface area contributed by atoms with Crippen LogP contribution in [0.2, 0.25) is 0 Å². The zero-order valence-corrected chi connectivity index (χ0v) is 10.2. The molecule has 2 rings (SSSR count). The molecule has 16 heavy (non-hydrogen) atoms. The molecule has 86 valence electrons. The van der Waals surface area contributed by atoms with Gasteiger partial charge in [0.1, 0.15) is 11.5 Å². The molecule has 0 saturated heterocycles. The predicted octanol–water partition coefficient (Wildman–Crippen LogP) is 3.56. The maximum Gasteiger partial charge on any atom is 0.150 e. The minimum absolute atomic E-state index is 0.00373. The van der Waals surface area contributed by atoms with Gasteiger partial charge in [0, 0.05) is 11.9 Å². The van der Waals surface area contributed by atoms with Crippen LogP contribution >= 0.6 is 0 Å². The average molecular weight is 220 g/mol. The quantitative estimate of drug-likeness (QED) is 0.782. The van der Waals surface area contributed by atoms with Gasteiger partial charge < -0.3 is 4.98 Å². The van der Waals surface area contributed by atoms with Gasteiger partial charge in [-0.15, -0.1) is 0 Å². The molecular weight excluding hydrogens is 203 g/mol. The summed E-state index contributed by atoms with van der Waals surface area (Å²) in [4.78, 5) is 7.34. The SMILES string of the molecule is CCc1nc2[nH]cc(F)c2cc1C(C)(C)C. The zero-order valence-electron chi connectivity index (χ0n) is 10.2. The number of hydrogen-bond acceptors (Lipinski definition) is 1. The molecule has 0 aliphatic carbocycles. The van der Waals surface area contributed by atoms with E-state index in [4.69, 9.17) is 0 Å². The number of aromatic nitrogens is 2. The average Bonchev–Trinajstić information content (AvgIpc) is 2.57. The molecule has 0 bridgehead atoms. The lowest BCUT2D eigenvalue weighted by Crippen LogP contribution is -2.15. The van der Waals surface area contributed by atoms with E-state index in [-0.39, 0.29) is 11.2 Å². The van der Waals surface area contributed by atoms with Crippen LogP contribution in [0.3, 0.4) is 0 Å². The van der Waals surface area contributed by atoms with Crippen molar-refractivity contribution in [2.24, 2.45) is 0 Å². The molecule has 0 aliphatic rings. The smallest absolute Gasteiger partial charge is 0.150 e. The van der Waals surface area contributed by atoms with Crippen LogP contribution in [0.1, 0.15) is 39.0 Å². The van der Waals surface area contributed by atoms with Gasteiger partial charge in [0.2, 0.25) is 0 Å². The number of nitrogens with one attached hydrogen (secondary N) is 1. The number of aryl methyl sites for hydroxylation is 1. The molecule has 3 heteroatoms. The van der Waals surface area contributed by atoms with E-state index in [1.54, 1.807) is 0 Å². The first-order valence-corrected chi connectivity index (χ1v) is 5.60. The minimum atomic E-state index is -0.226. The highest BCUT2D eigenvalue weighted by Gasteiger charge is 2.20. The highest BCUT2D eigenvalue weighted by Crippen LogP contribution is 2.29. The Bertz CT molecular complexity index is 520. The van der Waals surface area contributed by atoms with Crippen molar-refractivity contribution >= 4 is 11.0 Å². The summed E-state index contributed by atoms with van der Waals surface area (Å²) in [6.07, 6.45) is 2.23. The van der Waals surface area contributed by atoms with E-state index in [1.165, 1.54) is 6.20 Å². The molecule has 2 nitrogen and oxygen atoms in total. The third kappa shape index (κ3) is 1.70. The van der Waals surface area contributed by atoms with Crippen molar-refractivity contribution in [2.45, 2.75) is 39.5 Å². The molecule has 0 saturated carbocycles. The second-order valence-electron chi connectivity index (χ2n) is 5.12. The lowest BCUT2D eigenvalue weighted by atomic mass is 9.85. The van der Waals surface area contributed by atoms with Crippen LogP contribution in [0.25, 0.3) is 11.0 Å². The second-order valence-corrected chi connectivity index (χ2v) is 5.12. The Morgan fingerprint density at radius 2 is 2.06 bits per heavy atom. The van der Waals surface area contributed by atoms with Crippen LogP contribution in [0.4, 0.5) is 4.39 Å². The maximum absolute atomic E-state index is 13.5. The zero-order chi connectivity index (χ0) is 11.9. The van der Waals surface area contributed by atoms with Gasteiger partial charge in [0.25, 0.3) is 0 Å². The first-order valence-electron chi connectivity index (χ1n) is 5.60. The summed E-state index contributed by atoms with van der Waals surface area (Å²) in [5, 5.41) is 0.585. The normalized spacial score (nSPS) is 12.3. The van der Waals surface area contributed by atoms with Crippen LogP contribution in [0.15, 0.2) is 12.3 Å².